The highest BCUT2D eigenvalue weighted by Gasteiger charge is 2.23. The lowest BCUT2D eigenvalue weighted by atomic mass is 10.1. The van der Waals surface area contributed by atoms with E-state index in [-0.39, 0.29) is 11.8 Å². The Morgan fingerprint density at radius 3 is 2.95 bits per heavy atom. The molecule has 1 aliphatic rings. The molecule has 108 valence electrons. The lowest BCUT2D eigenvalue weighted by molar-refractivity contribution is -0.384. The molecule has 0 radical (unpaired) electrons. The minimum absolute atomic E-state index is 0.0175. The minimum Gasteiger partial charge on any atom is -0.488 e. The van der Waals surface area contributed by atoms with Crippen LogP contribution in [0.5, 0.6) is 5.75 Å². The lowest BCUT2D eigenvalue weighted by Gasteiger charge is -2.12. The van der Waals surface area contributed by atoms with Gasteiger partial charge in [-0.05, 0) is 24.6 Å². The molecule has 21 heavy (non-hydrogen) atoms. The van der Waals surface area contributed by atoms with Gasteiger partial charge in [-0.1, -0.05) is 18.2 Å². The quantitative estimate of drug-likeness (QED) is 0.690. The number of para-hydroxylation sites is 1. The van der Waals surface area contributed by atoms with Crippen LogP contribution < -0.4 is 10.1 Å². The molecule has 0 aliphatic carbocycles. The highest BCUT2D eigenvalue weighted by atomic mass is 16.6. The molecule has 0 bridgehead atoms. The molecule has 3 rings (SSSR count). The topological polar surface area (TPSA) is 77.3 Å². The number of aromatic nitrogens is 1. The van der Waals surface area contributed by atoms with Gasteiger partial charge in [-0.3, -0.25) is 10.1 Å². The molecule has 0 spiro atoms. The summed E-state index contributed by atoms with van der Waals surface area (Å²) in [6.07, 6.45) is 0.757. The molecule has 1 unspecified atom stereocenters. The maximum absolute atomic E-state index is 11.0. The van der Waals surface area contributed by atoms with Crippen LogP contribution in [0, 0.1) is 17.0 Å². The third-order valence-electron chi connectivity index (χ3n) is 3.42. The smallest absolute Gasteiger partial charge is 0.311 e. The lowest BCUT2D eigenvalue weighted by Crippen LogP contribution is -2.24. The van der Waals surface area contributed by atoms with Gasteiger partial charge >= 0.3 is 5.69 Å². The summed E-state index contributed by atoms with van der Waals surface area (Å²) in [5.74, 6) is 1.18. The highest BCUT2D eigenvalue weighted by molar-refractivity contribution is 5.56. The van der Waals surface area contributed by atoms with Crippen LogP contribution in [-0.2, 0) is 6.42 Å². The molecule has 1 aliphatic heterocycles. The fraction of sp³-hybridized carbons (Fsp3) is 0.267. The number of aryl methyl sites for hydroxylation is 1. The number of rotatable bonds is 4. The molecular formula is C15H15N3O3. The summed E-state index contributed by atoms with van der Waals surface area (Å²) in [6, 6.07) is 11.0. The average Bonchev–Trinajstić information content (AvgIpc) is 2.87. The van der Waals surface area contributed by atoms with Gasteiger partial charge in [-0.2, -0.15) is 0 Å². The minimum atomic E-state index is -0.432. The van der Waals surface area contributed by atoms with Crippen molar-refractivity contribution in [2.45, 2.75) is 19.4 Å². The number of nitrogens with zero attached hydrogens (tertiary/aromatic N) is 2. The van der Waals surface area contributed by atoms with Gasteiger partial charge < -0.3 is 10.1 Å². The Labute approximate surface area is 121 Å². The van der Waals surface area contributed by atoms with E-state index < -0.39 is 4.92 Å². The summed E-state index contributed by atoms with van der Waals surface area (Å²) in [5.41, 5.74) is 1.88. The van der Waals surface area contributed by atoms with Crippen molar-refractivity contribution in [1.29, 1.82) is 0 Å². The first-order chi connectivity index (χ1) is 10.1. The van der Waals surface area contributed by atoms with Crippen LogP contribution >= 0.6 is 0 Å². The molecule has 2 heterocycles. The predicted molar refractivity (Wildman–Crippen MR) is 78.7 cm³/mol. The van der Waals surface area contributed by atoms with Gasteiger partial charge in [-0.25, -0.2) is 4.98 Å². The zero-order chi connectivity index (χ0) is 14.8. The van der Waals surface area contributed by atoms with Gasteiger partial charge in [0.05, 0.1) is 11.5 Å². The molecular weight excluding hydrogens is 270 g/mol. The fourth-order valence-electron chi connectivity index (χ4n) is 2.41. The zero-order valence-electron chi connectivity index (χ0n) is 11.6. The number of ether oxygens (including phenoxy) is 1. The Hall–Kier alpha value is -2.63. The molecule has 6 nitrogen and oxygen atoms in total. The van der Waals surface area contributed by atoms with Crippen LogP contribution in [0.1, 0.15) is 11.3 Å². The van der Waals surface area contributed by atoms with Crippen LogP contribution in [0.3, 0.4) is 0 Å². The molecule has 1 N–H and O–H groups in total. The van der Waals surface area contributed by atoms with Crippen LogP contribution in [0.4, 0.5) is 11.5 Å². The van der Waals surface area contributed by atoms with E-state index >= 15 is 0 Å². The number of anilines is 1. The van der Waals surface area contributed by atoms with E-state index in [0.717, 1.165) is 23.4 Å². The molecule has 0 saturated heterocycles. The van der Waals surface area contributed by atoms with Crippen molar-refractivity contribution in [3.8, 4) is 5.75 Å². The Balaban J connectivity index is 1.69. The molecule has 1 aromatic heterocycles. The number of fused-ring (bicyclic) bond motifs is 1. The van der Waals surface area contributed by atoms with Gasteiger partial charge in [0.25, 0.3) is 0 Å². The van der Waals surface area contributed by atoms with Crippen molar-refractivity contribution in [3.63, 3.8) is 0 Å². The van der Waals surface area contributed by atoms with Gasteiger partial charge in [0, 0.05) is 18.2 Å². The van der Waals surface area contributed by atoms with E-state index in [1.165, 1.54) is 6.07 Å². The van der Waals surface area contributed by atoms with Crippen molar-refractivity contribution in [3.05, 3.63) is 57.8 Å². The van der Waals surface area contributed by atoms with Gasteiger partial charge in [0.1, 0.15) is 11.9 Å². The predicted octanol–water partition coefficient (Wildman–Crippen LogP) is 2.71. The van der Waals surface area contributed by atoms with Crippen molar-refractivity contribution >= 4 is 11.5 Å². The van der Waals surface area contributed by atoms with Crippen molar-refractivity contribution in [1.82, 2.24) is 4.98 Å². The molecule has 0 fully saturated rings. The number of nitrogens with one attached hydrogen (secondary N) is 1. The second-order valence-electron chi connectivity index (χ2n) is 5.01. The first-order valence-electron chi connectivity index (χ1n) is 6.74. The molecule has 1 atom stereocenters. The Bertz CT molecular complexity index is 663. The summed E-state index contributed by atoms with van der Waals surface area (Å²) in [6.45, 7) is 2.28. The summed E-state index contributed by atoms with van der Waals surface area (Å²) in [5, 5.41) is 14.0. The third-order valence-corrected chi connectivity index (χ3v) is 3.42. The van der Waals surface area contributed by atoms with E-state index in [1.807, 2.05) is 24.3 Å². The SMILES string of the molecule is Cc1ccc([N+](=O)[O-])c(NCC2Cc3ccccc3O2)n1. The third kappa shape index (κ3) is 2.79. The fourth-order valence-corrected chi connectivity index (χ4v) is 2.41. The van der Waals surface area contributed by atoms with Crippen molar-refractivity contribution in [2.24, 2.45) is 0 Å². The molecule has 2 aromatic rings. The van der Waals surface area contributed by atoms with Crippen molar-refractivity contribution < 1.29 is 9.66 Å². The van der Waals surface area contributed by atoms with E-state index in [4.69, 9.17) is 4.74 Å². The largest absolute Gasteiger partial charge is 0.488 e. The Kier molecular flexibility index (Phi) is 3.43. The van der Waals surface area contributed by atoms with Gasteiger partial charge in [0.2, 0.25) is 5.82 Å². The summed E-state index contributed by atoms with van der Waals surface area (Å²) in [4.78, 5) is 14.8. The summed E-state index contributed by atoms with van der Waals surface area (Å²) >= 11 is 0. The van der Waals surface area contributed by atoms with E-state index in [9.17, 15) is 10.1 Å². The molecule has 6 heteroatoms. The van der Waals surface area contributed by atoms with Crippen LogP contribution in [0.15, 0.2) is 36.4 Å². The Morgan fingerprint density at radius 2 is 2.19 bits per heavy atom. The normalized spacial score (nSPS) is 16.1. The number of benzene rings is 1. The summed E-state index contributed by atoms with van der Waals surface area (Å²) in [7, 11) is 0. The number of hydrogen-bond donors (Lipinski definition) is 1. The maximum Gasteiger partial charge on any atom is 0.311 e. The van der Waals surface area contributed by atoms with Crippen molar-refractivity contribution in [2.75, 3.05) is 11.9 Å². The monoisotopic (exact) mass is 285 g/mol. The van der Waals surface area contributed by atoms with Crippen LogP contribution in [0.25, 0.3) is 0 Å². The number of pyridine rings is 1. The maximum atomic E-state index is 11.0. The van der Waals surface area contributed by atoms with Gasteiger partial charge in [-0.15, -0.1) is 0 Å². The van der Waals surface area contributed by atoms with E-state index in [1.54, 1.807) is 13.0 Å². The van der Waals surface area contributed by atoms with Crippen LogP contribution in [-0.4, -0.2) is 22.6 Å². The summed E-state index contributed by atoms with van der Waals surface area (Å²) < 4.78 is 5.80. The zero-order valence-corrected chi connectivity index (χ0v) is 11.6. The van der Waals surface area contributed by atoms with E-state index in [2.05, 4.69) is 10.3 Å². The second kappa shape index (κ2) is 5.40. The molecule has 0 amide bonds. The highest BCUT2D eigenvalue weighted by Crippen LogP contribution is 2.29. The average molecular weight is 285 g/mol. The van der Waals surface area contributed by atoms with Crippen LogP contribution in [0.2, 0.25) is 0 Å². The molecule has 1 aromatic carbocycles. The van der Waals surface area contributed by atoms with E-state index in [0.29, 0.717) is 12.4 Å². The molecule has 0 saturated carbocycles. The standard InChI is InChI=1S/C15H15N3O3/c1-10-6-7-13(18(19)20)15(17-10)16-9-12-8-11-4-2-3-5-14(11)21-12/h2-7,12H,8-9H2,1H3,(H,16,17). The van der Waals surface area contributed by atoms with Gasteiger partial charge in [0.15, 0.2) is 0 Å². The Morgan fingerprint density at radius 1 is 1.38 bits per heavy atom. The number of hydrogen-bond acceptors (Lipinski definition) is 5. The first-order valence-corrected chi connectivity index (χ1v) is 6.74. The first kappa shape index (κ1) is 13.4. The second-order valence-corrected chi connectivity index (χ2v) is 5.01. The number of nitro groups is 1.